The molecule has 0 bridgehead atoms. The first-order chi connectivity index (χ1) is 14.5. The van der Waals surface area contributed by atoms with Crippen LogP contribution in [-0.4, -0.2) is 43.6 Å². The topological polar surface area (TPSA) is 114 Å². The second kappa shape index (κ2) is 8.56. The predicted octanol–water partition coefficient (Wildman–Crippen LogP) is 2.87. The molecular formula is C19H15ClN6O3S. The molecule has 0 radical (unpaired) electrons. The summed E-state index contributed by atoms with van der Waals surface area (Å²) in [6.45, 7) is 0. The summed E-state index contributed by atoms with van der Waals surface area (Å²) in [4.78, 5) is 27.3. The number of methoxy groups -OCH3 is 1. The summed E-state index contributed by atoms with van der Waals surface area (Å²) in [5.74, 6) is 0.697. The molecule has 1 amide bonds. The third-order valence-corrected chi connectivity index (χ3v) is 5.21. The van der Waals surface area contributed by atoms with E-state index in [0.717, 1.165) is 11.8 Å². The number of rotatable bonds is 6. The van der Waals surface area contributed by atoms with E-state index in [2.05, 4.69) is 25.6 Å². The number of anilines is 1. The van der Waals surface area contributed by atoms with Crippen molar-refractivity contribution in [2.45, 2.75) is 5.16 Å². The fourth-order valence-corrected chi connectivity index (χ4v) is 3.53. The van der Waals surface area contributed by atoms with Gasteiger partial charge in [-0.3, -0.25) is 14.6 Å². The van der Waals surface area contributed by atoms with Crippen LogP contribution in [0, 0.1) is 0 Å². The van der Waals surface area contributed by atoms with Gasteiger partial charge in [0.05, 0.1) is 12.9 Å². The lowest BCUT2D eigenvalue weighted by atomic mass is 10.1. The standard InChI is InChI=1S/C19H15ClN6O3S/c1-29-14-7-5-11(6-8-14)16-17(28)22-18-23-24-19(26(18)25-16)30-10-15(27)21-13-4-2-3-12(20)9-13/h2-9H,10H2,1H3,(H,21,27)(H,22,23,28). The second-order valence-corrected chi connectivity index (χ2v) is 7.48. The quantitative estimate of drug-likeness (QED) is 0.441. The van der Waals surface area contributed by atoms with Crippen molar-refractivity contribution in [2.24, 2.45) is 0 Å². The van der Waals surface area contributed by atoms with Gasteiger partial charge in [-0.2, -0.15) is 9.61 Å². The fourth-order valence-electron chi connectivity index (χ4n) is 2.66. The minimum Gasteiger partial charge on any atom is -0.497 e. The van der Waals surface area contributed by atoms with Gasteiger partial charge in [-0.25, -0.2) is 0 Å². The maximum Gasteiger partial charge on any atom is 0.279 e. The van der Waals surface area contributed by atoms with Gasteiger partial charge in [0.25, 0.3) is 11.3 Å². The molecule has 0 aliphatic heterocycles. The number of hydrogen-bond acceptors (Lipinski definition) is 7. The van der Waals surface area contributed by atoms with Crippen molar-refractivity contribution in [3.63, 3.8) is 0 Å². The zero-order chi connectivity index (χ0) is 21.1. The highest BCUT2D eigenvalue weighted by Gasteiger charge is 2.15. The monoisotopic (exact) mass is 442 g/mol. The number of carbonyl (C=O) groups excluding carboxylic acids is 1. The first-order valence-corrected chi connectivity index (χ1v) is 10.1. The van der Waals surface area contributed by atoms with Gasteiger partial charge in [0.15, 0.2) is 5.69 Å². The molecule has 0 aliphatic rings. The molecule has 0 unspecified atom stereocenters. The Morgan fingerprint density at radius 3 is 2.77 bits per heavy atom. The smallest absolute Gasteiger partial charge is 0.279 e. The summed E-state index contributed by atoms with van der Waals surface area (Å²) in [6, 6.07) is 13.8. The summed E-state index contributed by atoms with van der Waals surface area (Å²) in [7, 11) is 1.56. The number of aromatic amines is 1. The first-order valence-electron chi connectivity index (χ1n) is 8.72. The maximum atomic E-state index is 12.4. The van der Waals surface area contributed by atoms with Gasteiger partial charge in [-0.05, 0) is 42.5 Å². The predicted molar refractivity (Wildman–Crippen MR) is 114 cm³/mol. The molecule has 0 saturated heterocycles. The molecule has 0 saturated carbocycles. The normalized spacial score (nSPS) is 10.9. The number of thioether (sulfide) groups is 1. The fraction of sp³-hybridized carbons (Fsp3) is 0.105. The van der Waals surface area contributed by atoms with Gasteiger partial charge < -0.3 is 10.1 Å². The summed E-state index contributed by atoms with van der Waals surface area (Å²) in [5, 5.41) is 16.0. The van der Waals surface area contributed by atoms with Crippen LogP contribution >= 0.6 is 23.4 Å². The van der Waals surface area contributed by atoms with Crippen molar-refractivity contribution in [1.82, 2.24) is 24.8 Å². The van der Waals surface area contributed by atoms with Crippen molar-refractivity contribution in [2.75, 3.05) is 18.2 Å². The van der Waals surface area contributed by atoms with Crippen LogP contribution in [-0.2, 0) is 4.79 Å². The highest BCUT2D eigenvalue weighted by Crippen LogP contribution is 2.20. The number of nitrogens with zero attached hydrogens (tertiary/aromatic N) is 4. The molecule has 2 heterocycles. The number of ether oxygens (including phenoxy) is 1. The van der Waals surface area contributed by atoms with E-state index in [9.17, 15) is 9.59 Å². The summed E-state index contributed by atoms with van der Waals surface area (Å²) in [6.07, 6.45) is 0. The average molecular weight is 443 g/mol. The minimum absolute atomic E-state index is 0.0754. The molecule has 152 valence electrons. The van der Waals surface area contributed by atoms with Gasteiger partial charge in [-0.1, -0.05) is 29.4 Å². The number of halogens is 1. The van der Waals surface area contributed by atoms with Gasteiger partial charge in [-0.15, -0.1) is 10.2 Å². The molecule has 2 aromatic carbocycles. The molecule has 0 spiro atoms. The number of carbonyl (C=O) groups is 1. The highest BCUT2D eigenvalue weighted by molar-refractivity contribution is 7.99. The van der Waals surface area contributed by atoms with Crippen LogP contribution in [0.25, 0.3) is 17.0 Å². The van der Waals surface area contributed by atoms with Crippen molar-refractivity contribution < 1.29 is 9.53 Å². The molecule has 4 rings (SSSR count). The molecule has 9 nitrogen and oxygen atoms in total. The van der Waals surface area contributed by atoms with Gasteiger partial charge in [0, 0.05) is 16.3 Å². The van der Waals surface area contributed by atoms with Crippen molar-refractivity contribution >= 4 is 40.7 Å². The third-order valence-electron chi connectivity index (χ3n) is 4.06. The molecule has 2 N–H and O–H groups in total. The van der Waals surface area contributed by atoms with E-state index >= 15 is 0 Å². The lowest BCUT2D eigenvalue weighted by Gasteiger charge is -2.05. The number of fused-ring (bicyclic) bond motifs is 1. The lowest BCUT2D eigenvalue weighted by Crippen LogP contribution is -2.16. The Morgan fingerprint density at radius 2 is 2.03 bits per heavy atom. The van der Waals surface area contributed by atoms with Crippen LogP contribution in [0.2, 0.25) is 5.02 Å². The maximum absolute atomic E-state index is 12.4. The molecule has 4 aromatic rings. The van der Waals surface area contributed by atoms with Crippen LogP contribution in [0.3, 0.4) is 0 Å². The number of nitrogens with one attached hydrogen (secondary N) is 2. The Kier molecular flexibility index (Phi) is 5.68. The van der Waals surface area contributed by atoms with Gasteiger partial charge >= 0.3 is 0 Å². The van der Waals surface area contributed by atoms with Crippen molar-refractivity contribution in [3.05, 3.63) is 63.9 Å². The molecule has 30 heavy (non-hydrogen) atoms. The SMILES string of the molecule is COc1ccc(-c2nn3c(SCC(=O)Nc4cccc(Cl)c4)nnc3[nH]c2=O)cc1. The van der Waals surface area contributed by atoms with E-state index in [0.29, 0.717) is 27.2 Å². The van der Waals surface area contributed by atoms with Crippen molar-refractivity contribution in [1.29, 1.82) is 0 Å². The average Bonchev–Trinajstić information content (AvgIpc) is 3.13. The summed E-state index contributed by atoms with van der Waals surface area (Å²) in [5.41, 5.74) is 1.02. The van der Waals surface area contributed by atoms with E-state index in [1.54, 1.807) is 55.6 Å². The molecule has 11 heteroatoms. The molecule has 2 aromatic heterocycles. The van der Waals surface area contributed by atoms with E-state index in [4.69, 9.17) is 16.3 Å². The Hall–Kier alpha value is -3.37. The number of benzene rings is 2. The van der Waals surface area contributed by atoms with Crippen LogP contribution in [0.15, 0.2) is 58.5 Å². The van der Waals surface area contributed by atoms with Gasteiger partial charge in [0.2, 0.25) is 11.1 Å². The van der Waals surface area contributed by atoms with Crippen molar-refractivity contribution in [3.8, 4) is 17.0 Å². The number of hydrogen-bond donors (Lipinski definition) is 2. The molecule has 0 aliphatic carbocycles. The minimum atomic E-state index is -0.393. The summed E-state index contributed by atoms with van der Waals surface area (Å²) < 4.78 is 6.54. The van der Waals surface area contributed by atoms with Crippen LogP contribution in [0.4, 0.5) is 5.69 Å². The van der Waals surface area contributed by atoms with E-state index in [1.807, 2.05) is 0 Å². The molecule has 0 atom stereocenters. The van der Waals surface area contributed by atoms with Crippen LogP contribution < -0.4 is 15.6 Å². The Balaban J connectivity index is 1.54. The highest BCUT2D eigenvalue weighted by atomic mass is 35.5. The summed E-state index contributed by atoms with van der Waals surface area (Å²) >= 11 is 7.07. The van der Waals surface area contributed by atoms with E-state index < -0.39 is 5.56 Å². The number of amides is 1. The Morgan fingerprint density at radius 1 is 1.23 bits per heavy atom. The largest absolute Gasteiger partial charge is 0.497 e. The number of aromatic nitrogens is 5. The van der Waals surface area contributed by atoms with Gasteiger partial charge in [0.1, 0.15) is 5.75 Å². The zero-order valence-corrected chi connectivity index (χ0v) is 17.2. The Labute approximate surface area is 179 Å². The first kappa shape index (κ1) is 19.9. The zero-order valence-electron chi connectivity index (χ0n) is 15.6. The second-order valence-electron chi connectivity index (χ2n) is 6.10. The number of H-pyrrole nitrogens is 1. The molecular weight excluding hydrogens is 428 g/mol. The van der Waals surface area contributed by atoms with E-state index in [1.165, 1.54) is 4.52 Å². The molecule has 0 fully saturated rings. The Bertz CT molecular complexity index is 1270. The third kappa shape index (κ3) is 4.29. The van der Waals surface area contributed by atoms with E-state index in [-0.39, 0.29) is 23.1 Å². The van der Waals surface area contributed by atoms with Crippen LogP contribution in [0.1, 0.15) is 0 Å². The van der Waals surface area contributed by atoms with Crippen LogP contribution in [0.5, 0.6) is 5.75 Å². The lowest BCUT2D eigenvalue weighted by molar-refractivity contribution is -0.113.